The minimum Gasteiger partial charge on any atom is -0.342 e. The first-order valence-corrected chi connectivity index (χ1v) is 10.6. The van der Waals surface area contributed by atoms with Crippen LogP contribution in [0, 0.1) is 4.77 Å². The molecule has 3 rings (SSSR count). The van der Waals surface area contributed by atoms with Crippen LogP contribution in [-0.4, -0.2) is 81.9 Å². The number of rotatable bonds is 6. The maximum Gasteiger partial charge on any atom is 0.272 e. The Morgan fingerprint density at radius 2 is 1.79 bits per heavy atom. The van der Waals surface area contributed by atoms with Crippen molar-refractivity contribution in [2.24, 2.45) is 0 Å². The predicted molar refractivity (Wildman–Crippen MR) is 116 cm³/mol. The van der Waals surface area contributed by atoms with Crippen LogP contribution in [0.15, 0.2) is 36.5 Å². The Morgan fingerprint density at radius 1 is 1.07 bits per heavy atom. The number of H-pyrrole nitrogens is 1. The van der Waals surface area contributed by atoms with Crippen LogP contribution in [0.25, 0.3) is 5.69 Å². The molecule has 156 valence electrons. The van der Waals surface area contributed by atoms with E-state index in [-0.39, 0.29) is 11.8 Å². The van der Waals surface area contributed by atoms with E-state index < -0.39 is 0 Å². The molecule has 1 aliphatic heterocycles. The molecule has 0 atom stereocenters. The Kier molecular flexibility index (Phi) is 7.22. The molecule has 0 radical (unpaired) electrons. The molecule has 0 aliphatic carbocycles. The summed E-state index contributed by atoms with van der Waals surface area (Å²) < 4.78 is 2.28. The molecule has 1 aliphatic rings. The van der Waals surface area contributed by atoms with E-state index in [9.17, 15) is 9.59 Å². The zero-order valence-electron chi connectivity index (χ0n) is 17.1. The minimum atomic E-state index is -0.0434. The molecule has 8 heteroatoms. The molecule has 0 saturated carbocycles. The van der Waals surface area contributed by atoms with Gasteiger partial charge in [-0.05, 0) is 44.6 Å². The molecule has 0 spiro atoms. The van der Waals surface area contributed by atoms with E-state index in [0.29, 0.717) is 36.6 Å². The van der Waals surface area contributed by atoms with Crippen molar-refractivity contribution in [2.75, 3.05) is 45.8 Å². The number of likely N-dealkylation sites (N-methyl/N-ethyl adjacent to an activating group) is 1. The molecule has 2 heterocycles. The first-order valence-electron chi connectivity index (χ1n) is 10.2. The highest BCUT2D eigenvalue weighted by Crippen LogP contribution is 2.16. The molecular formula is C21H29N5O2S. The zero-order chi connectivity index (χ0) is 20.8. The summed E-state index contributed by atoms with van der Waals surface area (Å²) in [6, 6.07) is 9.65. The summed E-state index contributed by atoms with van der Waals surface area (Å²) in [5.41, 5.74) is 1.40. The van der Waals surface area contributed by atoms with Gasteiger partial charge in [-0.25, -0.2) is 0 Å². The third-order valence-electron chi connectivity index (χ3n) is 5.36. The number of aromatic amines is 1. The largest absolute Gasteiger partial charge is 0.342 e. The Balaban J connectivity index is 1.69. The summed E-state index contributed by atoms with van der Waals surface area (Å²) in [6.07, 6.45) is 2.53. The molecule has 1 N–H and O–H groups in total. The van der Waals surface area contributed by atoms with E-state index in [1.807, 2.05) is 54.0 Å². The van der Waals surface area contributed by atoms with Gasteiger partial charge in [-0.3, -0.25) is 19.1 Å². The monoisotopic (exact) mass is 415 g/mol. The van der Waals surface area contributed by atoms with Crippen molar-refractivity contribution in [1.29, 1.82) is 0 Å². The molecule has 1 aromatic heterocycles. The lowest BCUT2D eigenvalue weighted by atomic mass is 10.3. The number of benzene rings is 1. The summed E-state index contributed by atoms with van der Waals surface area (Å²) in [6.45, 7) is 8.62. The SMILES string of the molecule is CCN(CC)C(=O)CN1CCCN(C(=O)c2c[nH]c(=S)n2-c2ccccc2)CC1. The molecule has 1 aromatic carbocycles. The molecule has 2 amide bonds. The molecule has 2 aromatic rings. The van der Waals surface area contributed by atoms with Crippen LogP contribution in [0.2, 0.25) is 0 Å². The number of hydrogen-bond donors (Lipinski definition) is 1. The number of nitrogens with zero attached hydrogens (tertiary/aromatic N) is 4. The summed E-state index contributed by atoms with van der Waals surface area (Å²) in [5, 5.41) is 0. The molecule has 0 unspecified atom stereocenters. The Bertz CT molecular complexity index is 888. The molecular weight excluding hydrogens is 386 g/mol. The Morgan fingerprint density at radius 3 is 2.48 bits per heavy atom. The van der Waals surface area contributed by atoms with Gasteiger partial charge in [0.2, 0.25) is 5.91 Å². The van der Waals surface area contributed by atoms with Crippen molar-refractivity contribution in [3.05, 3.63) is 47.0 Å². The molecule has 0 bridgehead atoms. The van der Waals surface area contributed by atoms with Crippen molar-refractivity contribution in [1.82, 2.24) is 24.3 Å². The topological polar surface area (TPSA) is 64.6 Å². The third kappa shape index (κ3) is 4.94. The van der Waals surface area contributed by atoms with Crippen LogP contribution < -0.4 is 0 Å². The zero-order valence-corrected chi connectivity index (χ0v) is 18.0. The number of carbonyl (C=O) groups excluding carboxylic acids is 2. The average molecular weight is 416 g/mol. The number of para-hydroxylation sites is 1. The summed E-state index contributed by atoms with van der Waals surface area (Å²) in [7, 11) is 0. The highest BCUT2D eigenvalue weighted by molar-refractivity contribution is 7.71. The average Bonchev–Trinajstić information content (AvgIpc) is 2.96. The number of amides is 2. The predicted octanol–water partition coefficient (Wildman–Crippen LogP) is 2.55. The van der Waals surface area contributed by atoms with Gasteiger partial charge < -0.3 is 14.8 Å². The molecule has 7 nitrogen and oxygen atoms in total. The maximum absolute atomic E-state index is 13.2. The lowest BCUT2D eigenvalue weighted by Crippen LogP contribution is -2.42. The third-order valence-corrected chi connectivity index (χ3v) is 5.66. The fourth-order valence-electron chi connectivity index (χ4n) is 3.72. The van der Waals surface area contributed by atoms with Crippen LogP contribution in [0.4, 0.5) is 0 Å². The van der Waals surface area contributed by atoms with Gasteiger partial charge in [0, 0.05) is 51.2 Å². The second kappa shape index (κ2) is 9.84. The van der Waals surface area contributed by atoms with E-state index >= 15 is 0 Å². The van der Waals surface area contributed by atoms with Gasteiger partial charge in [0.05, 0.1) is 6.54 Å². The van der Waals surface area contributed by atoms with Crippen LogP contribution >= 0.6 is 12.2 Å². The van der Waals surface area contributed by atoms with Crippen molar-refractivity contribution in [3.8, 4) is 5.69 Å². The van der Waals surface area contributed by atoms with E-state index in [0.717, 1.165) is 31.7 Å². The lowest BCUT2D eigenvalue weighted by molar-refractivity contribution is -0.132. The van der Waals surface area contributed by atoms with Gasteiger partial charge in [-0.15, -0.1) is 0 Å². The number of nitrogens with one attached hydrogen (secondary N) is 1. The van der Waals surface area contributed by atoms with Gasteiger partial charge in [0.25, 0.3) is 5.91 Å². The van der Waals surface area contributed by atoms with E-state index in [4.69, 9.17) is 12.2 Å². The molecule has 1 saturated heterocycles. The minimum absolute atomic E-state index is 0.0434. The van der Waals surface area contributed by atoms with Gasteiger partial charge in [0.15, 0.2) is 4.77 Å². The van der Waals surface area contributed by atoms with E-state index in [2.05, 4.69) is 9.88 Å². The highest BCUT2D eigenvalue weighted by atomic mass is 32.1. The highest BCUT2D eigenvalue weighted by Gasteiger charge is 2.25. The van der Waals surface area contributed by atoms with Crippen molar-refractivity contribution in [3.63, 3.8) is 0 Å². The van der Waals surface area contributed by atoms with Gasteiger partial charge >= 0.3 is 0 Å². The van der Waals surface area contributed by atoms with E-state index in [1.54, 1.807) is 10.8 Å². The Labute approximate surface area is 176 Å². The summed E-state index contributed by atoms with van der Waals surface area (Å²) in [4.78, 5) is 34.5. The number of imidazole rings is 1. The fourth-order valence-corrected chi connectivity index (χ4v) is 3.98. The van der Waals surface area contributed by atoms with Gasteiger partial charge in [0.1, 0.15) is 5.69 Å². The lowest BCUT2D eigenvalue weighted by Gasteiger charge is -2.25. The standard InChI is InChI=1S/C21H29N5O2S/c1-3-24(4-2)19(27)16-23-11-8-12-25(14-13-23)20(28)18-15-22-21(29)26(18)17-9-6-5-7-10-17/h5-7,9-10,15H,3-4,8,11-14,16H2,1-2H3,(H,22,29). The summed E-state index contributed by atoms with van der Waals surface area (Å²) >= 11 is 5.40. The first kappa shape index (κ1) is 21.3. The van der Waals surface area contributed by atoms with Gasteiger partial charge in [-0.2, -0.15) is 0 Å². The smallest absolute Gasteiger partial charge is 0.272 e. The second-order valence-electron chi connectivity index (χ2n) is 7.14. The van der Waals surface area contributed by atoms with Gasteiger partial charge in [-0.1, -0.05) is 18.2 Å². The Hall–Kier alpha value is -2.45. The van der Waals surface area contributed by atoms with Crippen LogP contribution in [0.5, 0.6) is 0 Å². The summed E-state index contributed by atoms with van der Waals surface area (Å²) in [5.74, 6) is 0.108. The first-order chi connectivity index (χ1) is 14.0. The van der Waals surface area contributed by atoms with Crippen LogP contribution in [0.3, 0.4) is 0 Å². The maximum atomic E-state index is 13.2. The number of carbonyl (C=O) groups is 2. The normalized spacial score (nSPS) is 15.2. The second-order valence-corrected chi connectivity index (χ2v) is 7.52. The van der Waals surface area contributed by atoms with E-state index in [1.165, 1.54) is 0 Å². The van der Waals surface area contributed by atoms with Crippen LogP contribution in [-0.2, 0) is 4.79 Å². The quantitative estimate of drug-likeness (QED) is 0.737. The van der Waals surface area contributed by atoms with Crippen molar-refractivity contribution in [2.45, 2.75) is 20.3 Å². The van der Waals surface area contributed by atoms with Crippen molar-refractivity contribution >= 4 is 24.0 Å². The number of aromatic nitrogens is 2. The molecule has 1 fully saturated rings. The van der Waals surface area contributed by atoms with Crippen LogP contribution in [0.1, 0.15) is 30.8 Å². The number of hydrogen-bond acceptors (Lipinski definition) is 4. The fraction of sp³-hybridized carbons (Fsp3) is 0.476. The molecule has 29 heavy (non-hydrogen) atoms. The van der Waals surface area contributed by atoms with Crippen molar-refractivity contribution < 1.29 is 9.59 Å².